The van der Waals surface area contributed by atoms with Gasteiger partial charge in [-0.25, -0.2) is 4.68 Å². The highest BCUT2D eigenvalue weighted by atomic mass is 32.2. The van der Waals surface area contributed by atoms with E-state index in [2.05, 4.69) is 31.3 Å². The Kier molecular flexibility index (Phi) is 4.39. The standard InChI is InChI=1S/C19H19N3OS2/c1-12-5-3-7-17(13(12)2)22-19(15-10-24-11-16(15)21-22)20-18(23)9-14-6-4-8-25-14/h3-8H,9-11H2,1-2H3,(H,20,23). The molecule has 0 aliphatic carbocycles. The number of carbonyl (C=O) groups is 1. The second kappa shape index (κ2) is 6.69. The van der Waals surface area contributed by atoms with Gasteiger partial charge in [0.1, 0.15) is 5.82 Å². The molecule has 4 nitrogen and oxygen atoms in total. The van der Waals surface area contributed by atoms with Gasteiger partial charge in [0.15, 0.2) is 0 Å². The lowest BCUT2D eigenvalue weighted by atomic mass is 10.1. The van der Waals surface area contributed by atoms with Crippen molar-refractivity contribution in [2.45, 2.75) is 31.8 Å². The summed E-state index contributed by atoms with van der Waals surface area (Å²) in [6, 6.07) is 10.2. The molecule has 0 bridgehead atoms. The Labute approximate surface area is 155 Å². The molecule has 0 atom stereocenters. The van der Waals surface area contributed by atoms with Crippen molar-refractivity contribution in [1.82, 2.24) is 9.78 Å². The maximum Gasteiger partial charge on any atom is 0.230 e. The molecule has 0 fully saturated rings. The van der Waals surface area contributed by atoms with Crippen molar-refractivity contribution in [1.29, 1.82) is 0 Å². The molecule has 6 heteroatoms. The molecule has 1 aromatic carbocycles. The number of aryl methyl sites for hydroxylation is 1. The van der Waals surface area contributed by atoms with Crippen LogP contribution < -0.4 is 5.32 Å². The van der Waals surface area contributed by atoms with Gasteiger partial charge in [-0.05, 0) is 42.5 Å². The molecule has 0 saturated heterocycles. The lowest BCUT2D eigenvalue weighted by Crippen LogP contribution is -2.18. The number of amides is 1. The van der Waals surface area contributed by atoms with Crippen LogP contribution in [-0.4, -0.2) is 15.7 Å². The molecular formula is C19H19N3OS2. The Balaban J connectivity index is 1.71. The molecule has 3 heterocycles. The summed E-state index contributed by atoms with van der Waals surface area (Å²) in [5.74, 6) is 2.64. The lowest BCUT2D eigenvalue weighted by Gasteiger charge is -2.14. The number of anilines is 1. The predicted octanol–water partition coefficient (Wildman–Crippen LogP) is 4.48. The predicted molar refractivity (Wildman–Crippen MR) is 105 cm³/mol. The molecule has 1 aliphatic heterocycles. The summed E-state index contributed by atoms with van der Waals surface area (Å²) in [5.41, 5.74) is 5.68. The maximum atomic E-state index is 12.6. The zero-order valence-electron chi connectivity index (χ0n) is 14.2. The van der Waals surface area contributed by atoms with Gasteiger partial charge >= 0.3 is 0 Å². The number of benzene rings is 1. The van der Waals surface area contributed by atoms with Crippen LogP contribution >= 0.6 is 23.1 Å². The van der Waals surface area contributed by atoms with E-state index in [1.54, 1.807) is 11.3 Å². The third-order valence-corrected chi connectivity index (χ3v) is 6.38. The number of aromatic nitrogens is 2. The number of fused-ring (bicyclic) bond motifs is 1. The third kappa shape index (κ3) is 3.12. The van der Waals surface area contributed by atoms with Gasteiger partial charge in [0.2, 0.25) is 5.91 Å². The van der Waals surface area contributed by atoms with Crippen molar-refractivity contribution in [2.24, 2.45) is 0 Å². The topological polar surface area (TPSA) is 46.9 Å². The monoisotopic (exact) mass is 369 g/mol. The van der Waals surface area contributed by atoms with Crippen molar-refractivity contribution in [2.75, 3.05) is 5.32 Å². The first kappa shape index (κ1) is 16.4. The number of carbonyl (C=O) groups excluding carboxylic acids is 1. The molecule has 3 aromatic rings. The molecule has 1 aliphatic rings. The van der Waals surface area contributed by atoms with Crippen LogP contribution in [0.25, 0.3) is 5.69 Å². The normalized spacial score (nSPS) is 13.0. The van der Waals surface area contributed by atoms with Gasteiger partial charge in [-0.1, -0.05) is 18.2 Å². The summed E-state index contributed by atoms with van der Waals surface area (Å²) in [6.45, 7) is 4.20. The number of thiophene rings is 1. The average Bonchev–Trinajstić information content (AvgIpc) is 3.29. The SMILES string of the molecule is Cc1cccc(-n2nc3c(c2NC(=O)Cc2cccs2)CSC3)c1C. The zero-order valence-corrected chi connectivity index (χ0v) is 15.8. The molecule has 25 heavy (non-hydrogen) atoms. The zero-order chi connectivity index (χ0) is 17.4. The quantitative estimate of drug-likeness (QED) is 0.738. The molecule has 1 amide bonds. The first-order valence-electron chi connectivity index (χ1n) is 8.21. The van der Waals surface area contributed by atoms with E-state index in [1.165, 1.54) is 11.1 Å². The van der Waals surface area contributed by atoms with Gasteiger partial charge < -0.3 is 5.32 Å². The maximum absolute atomic E-state index is 12.6. The number of hydrogen-bond donors (Lipinski definition) is 1. The third-order valence-electron chi connectivity index (χ3n) is 4.53. The van der Waals surface area contributed by atoms with Crippen LogP contribution in [0.3, 0.4) is 0 Å². The summed E-state index contributed by atoms with van der Waals surface area (Å²) in [7, 11) is 0. The number of nitrogens with zero attached hydrogens (tertiary/aromatic N) is 2. The van der Waals surface area contributed by atoms with E-state index < -0.39 is 0 Å². The molecule has 4 rings (SSSR count). The average molecular weight is 370 g/mol. The Morgan fingerprint density at radius 1 is 1.24 bits per heavy atom. The first-order chi connectivity index (χ1) is 12.1. The minimum Gasteiger partial charge on any atom is -0.310 e. The summed E-state index contributed by atoms with van der Waals surface area (Å²) in [6.07, 6.45) is 0.400. The minimum atomic E-state index is 0.00797. The summed E-state index contributed by atoms with van der Waals surface area (Å²) in [5, 5.41) is 9.92. The Morgan fingerprint density at radius 3 is 2.92 bits per heavy atom. The van der Waals surface area contributed by atoms with Gasteiger partial charge in [-0.15, -0.1) is 11.3 Å². The van der Waals surface area contributed by atoms with Gasteiger partial charge in [-0.3, -0.25) is 4.79 Å². The number of rotatable bonds is 4. The number of nitrogens with one attached hydrogen (secondary N) is 1. The van der Waals surface area contributed by atoms with E-state index in [1.807, 2.05) is 40.0 Å². The summed E-state index contributed by atoms with van der Waals surface area (Å²) < 4.78 is 1.92. The fourth-order valence-electron chi connectivity index (χ4n) is 3.03. The van der Waals surface area contributed by atoms with Crippen molar-refractivity contribution in [3.05, 3.63) is 63.0 Å². The molecule has 0 spiro atoms. The minimum absolute atomic E-state index is 0.00797. The number of thioether (sulfide) groups is 1. The summed E-state index contributed by atoms with van der Waals surface area (Å²) >= 11 is 3.45. The van der Waals surface area contributed by atoms with E-state index >= 15 is 0 Å². The van der Waals surface area contributed by atoms with E-state index in [0.29, 0.717) is 6.42 Å². The molecule has 0 unspecified atom stereocenters. The highest BCUT2D eigenvalue weighted by molar-refractivity contribution is 7.98. The second-order valence-corrected chi connectivity index (χ2v) is 8.22. The molecule has 0 saturated carbocycles. The van der Waals surface area contributed by atoms with Crippen LogP contribution in [0.1, 0.15) is 27.3 Å². The van der Waals surface area contributed by atoms with Crippen molar-refractivity contribution in [3.8, 4) is 5.69 Å². The van der Waals surface area contributed by atoms with Gasteiger partial charge in [0.05, 0.1) is 17.8 Å². The highest BCUT2D eigenvalue weighted by Gasteiger charge is 2.25. The van der Waals surface area contributed by atoms with E-state index in [-0.39, 0.29) is 5.91 Å². The second-order valence-electron chi connectivity index (χ2n) is 6.20. The van der Waals surface area contributed by atoms with Gasteiger partial charge in [-0.2, -0.15) is 16.9 Å². The fraction of sp³-hybridized carbons (Fsp3) is 0.263. The Hall–Kier alpha value is -2.05. The largest absolute Gasteiger partial charge is 0.310 e. The van der Waals surface area contributed by atoms with Crippen molar-refractivity contribution < 1.29 is 4.79 Å². The summed E-state index contributed by atoms with van der Waals surface area (Å²) in [4.78, 5) is 13.6. The van der Waals surface area contributed by atoms with Gasteiger partial charge in [0.25, 0.3) is 0 Å². The lowest BCUT2D eigenvalue weighted by molar-refractivity contribution is -0.115. The smallest absolute Gasteiger partial charge is 0.230 e. The van der Waals surface area contributed by atoms with Crippen LogP contribution in [0, 0.1) is 13.8 Å². The first-order valence-corrected chi connectivity index (χ1v) is 10.2. The van der Waals surface area contributed by atoms with E-state index in [4.69, 9.17) is 5.10 Å². The molecule has 1 N–H and O–H groups in total. The molecular weight excluding hydrogens is 350 g/mol. The van der Waals surface area contributed by atoms with Crippen LogP contribution in [0.5, 0.6) is 0 Å². The van der Waals surface area contributed by atoms with Crippen molar-refractivity contribution >= 4 is 34.8 Å². The Morgan fingerprint density at radius 2 is 2.12 bits per heavy atom. The molecule has 0 radical (unpaired) electrons. The highest BCUT2D eigenvalue weighted by Crippen LogP contribution is 2.36. The van der Waals surface area contributed by atoms with Crippen molar-refractivity contribution in [3.63, 3.8) is 0 Å². The fourth-order valence-corrected chi connectivity index (χ4v) is 4.77. The van der Waals surface area contributed by atoms with Crippen LogP contribution in [0.15, 0.2) is 35.7 Å². The number of hydrogen-bond acceptors (Lipinski definition) is 4. The van der Waals surface area contributed by atoms with Gasteiger partial charge in [0, 0.05) is 21.9 Å². The molecule has 128 valence electrons. The molecule has 2 aromatic heterocycles. The Bertz CT molecular complexity index is 929. The van der Waals surface area contributed by atoms with E-state index in [9.17, 15) is 4.79 Å². The van der Waals surface area contributed by atoms with Crippen LogP contribution in [-0.2, 0) is 22.7 Å². The van der Waals surface area contributed by atoms with E-state index in [0.717, 1.165) is 39.1 Å². The van der Waals surface area contributed by atoms with Crippen LogP contribution in [0.4, 0.5) is 5.82 Å². The van der Waals surface area contributed by atoms with Crippen LogP contribution in [0.2, 0.25) is 0 Å².